The van der Waals surface area contributed by atoms with Gasteiger partial charge in [0.1, 0.15) is 42.3 Å². The summed E-state index contributed by atoms with van der Waals surface area (Å²) in [5.74, 6) is -1.27. The molecule has 14 nitrogen and oxygen atoms in total. The Labute approximate surface area is 294 Å². The molecule has 4 N–H and O–H groups in total. The third-order valence-corrected chi connectivity index (χ3v) is 9.45. The molecule has 0 spiro atoms. The van der Waals surface area contributed by atoms with E-state index < -0.39 is 45.4 Å². The second kappa shape index (κ2) is 14.3. The lowest BCUT2D eigenvalue weighted by atomic mass is 9.78. The molecule has 1 saturated heterocycles. The van der Waals surface area contributed by atoms with E-state index in [4.69, 9.17) is 14.6 Å². The molecule has 264 valence electrons. The normalized spacial score (nSPS) is 16.1. The maximum absolute atomic E-state index is 13.3. The van der Waals surface area contributed by atoms with E-state index in [0.29, 0.717) is 29.4 Å². The van der Waals surface area contributed by atoms with E-state index in [0.717, 1.165) is 16.0 Å². The molecule has 3 aromatic carbocycles. The number of hydrogen-bond donors (Lipinski definition) is 3. The van der Waals surface area contributed by atoms with Crippen molar-refractivity contribution in [1.82, 2.24) is 20.2 Å². The summed E-state index contributed by atoms with van der Waals surface area (Å²) in [7, 11) is -3.74. The molecule has 1 atom stereocenters. The SMILES string of the molecule is CC(C)(c1ccc(OCCNc2cccc3c2C(=O)N(C2CCC(=O)NC2=O)C3=O)cc1)c1ccc(OCc2ccnc(CS(N)(=O)=O)n2)cc1. The van der Waals surface area contributed by atoms with Gasteiger partial charge in [-0.05, 0) is 60.0 Å². The van der Waals surface area contributed by atoms with Crippen molar-refractivity contribution < 1.29 is 37.1 Å². The van der Waals surface area contributed by atoms with Gasteiger partial charge in [0.2, 0.25) is 21.8 Å². The lowest BCUT2D eigenvalue weighted by Crippen LogP contribution is -2.54. The molecule has 4 aromatic rings. The van der Waals surface area contributed by atoms with Crippen molar-refractivity contribution in [2.24, 2.45) is 5.14 Å². The van der Waals surface area contributed by atoms with Crippen molar-refractivity contribution >= 4 is 39.3 Å². The van der Waals surface area contributed by atoms with Gasteiger partial charge < -0.3 is 14.8 Å². The molecule has 0 radical (unpaired) electrons. The Morgan fingerprint density at radius 2 is 1.59 bits per heavy atom. The first-order valence-electron chi connectivity index (χ1n) is 16.2. The minimum atomic E-state index is -3.74. The number of carbonyl (C=O) groups is 4. The summed E-state index contributed by atoms with van der Waals surface area (Å²) in [5, 5.41) is 10.5. The molecule has 4 amide bonds. The van der Waals surface area contributed by atoms with Crippen LogP contribution in [0.1, 0.15) is 70.1 Å². The first kappa shape index (κ1) is 35.2. The third-order valence-electron chi connectivity index (χ3n) is 8.79. The minimum absolute atomic E-state index is 0.0532. The molecule has 2 aliphatic heterocycles. The Morgan fingerprint density at radius 3 is 2.24 bits per heavy atom. The number of aromatic nitrogens is 2. The highest BCUT2D eigenvalue weighted by atomic mass is 32.2. The summed E-state index contributed by atoms with van der Waals surface area (Å²) in [6, 6.07) is 21.0. The van der Waals surface area contributed by atoms with Gasteiger partial charge in [0, 0.05) is 30.3 Å². The molecule has 1 fully saturated rings. The highest BCUT2D eigenvalue weighted by Crippen LogP contribution is 2.34. The fourth-order valence-electron chi connectivity index (χ4n) is 6.05. The van der Waals surface area contributed by atoms with Crippen molar-refractivity contribution in [3.63, 3.8) is 0 Å². The molecule has 51 heavy (non-hydrogen) atoms. The first-order chi connectivity index (χ1) is 24.3. The molecule has 6 rings (SSSR count). The summed E-state index contributed by atoms with van der Waals surface area (Å²) < 4.78 is 34.5. The molecule has 15 heteroatoms. The Bertz CT molecular complexity index is 2100. The van der Waals surface area contributed by atoms with Gasteiger partial charge in [0.05, 0.1) is 16.8 Å². The van der Waals surface area contributed by atoms with Crippen LogP contribution in [0.5, 0.6) is 11.5 Å². The number of imide groups is 2. The number of nitrogens with zero attached hydrogens (tertiary/aromatic N) is 3. The van der Waals surface area contributed by atoms with Crippen LogP contribution in [0.15, 0.2) is 79.0 Å². The zero-order valence-corrected chi connectivity index (χ0v) is 28.7. The Morgan fingerprint density at radius 1 is 0.922 bits per heavy atom. The number of carbonyl (C=O) groups excluding carboxylic acids is 4. The van der Waals surface area contributed by atoms with Crippen molar-refractivity contribution in [1.29, 1.82) is 0 Å². The molecule has 0 aliphatic carbocycles. The van der Waals surface area contributed by atoms with Crippen LogP contribution in [-0.2, 0) is 37.4 Å². The predicted octanol–water partition coefficient (Wildman–Crippen LogP) is 3.06. The van der Waals surface area contributed by atoms with Gasteiger partial charge in [-0.1, -0.05) is 44.2 Å². The van der Waals surface area contributed by atoms with Crippen LogP contribution >= 0.6 is 0 Å². The number of ether oxygens (including phenoxy) is 2. The fraction of sp³-hybridized carbons (Fsp3) is 0.278. The molecule has 1 unspecified atom stereocenters. The molecule has 2 aliphatic rings. The molecule has 3 heterocycles. The lowest BCUT2D eigenvalue weighted by Gasteiger charge is -2.27. The van der Waals surface area contributed by atoms with E-state index in [9.17, 15) is 27.6 Å². The van der Waals surface area contributed by atoms with Crippen LogP contribution in [0.25, 0.3) is 0 Å². The second-order valence-electron chi connectivity index (χ2n) is 12.7. The number of anilines is 1. The summed E-state index contributed by atoms with van der Waals surface area (Å²) in [6.45, 7) is 4.97. The molecule has 1 aromatic heterocycles. The van der Waals surface area contributed by atoms with Gasteiger partial charge in [-0.2, -0.15) is 0 Å². The molecular formula is C36H36N6O8S. The van der Waals surface area contributed by atoms with Crippen molar-refractivity contribution in [3.05, 3.63) is 113 Å². The van der Waals surface area contributed by atoms with E-state index in [1.807, 2.05) is 48.5 Å². The molecule has 0 saturated carbocycles. The van der Waals surface area contributed by atoms with E-state index in [1.165, 1.54) is 6.20 Å². The Hall–Kier alpha value is -5.67. The number of benzene rings is 3. The molecule has 0 bridgehead atoms. The quantitative estimate of drug-likeness (QED) is 0.136. The number of sulfonamides is 1. The third kappa shape index (κ3) is 7.89. The van der Waals surface area contributed by atoms with E-state index in [-0.39, 0.29) is 48.4 Å². The number of primary sulfonamides is 1. The zero-order chi connectivity index (χ0) is 36.3. The average Bonchev–Trinajstić information content (AvgIpc) is 3.35. The Kier molecular flexibility index (Phi) is 9.85. The number of piperidine rings is 1. The number of nitrogens with two attached hydrogens (primary N) is 1. The van der Waals surface area contributed by atoms with E-state index in [2.05, 4.69) is 34.4 Å². The number of amides is 4. The summed E-state index contributed by atoms with van der Waals surface area (Å²) >= 11 is 0. The fourth-order valence-corrected chi connectivity index (χ4v) is 6.55. The van der Waals surface area contributed by atoms with Gasteiger partial charge in [-0.25, -0.2) is 23.5 Å². The Balaban J connectivity index is 1.01. The average molecular weight is 713 g/mol. The highest BCUT2D eigenvalue weighted by molar-refractivity contribution is 7.88. The topological polar surface area (TPSA) is 200 Å². The summed E-state index contributed by atoms with van der Waals surface area (Å²) in [5.41, 5.74) is 3.17. The van der Waals surface area contributed by atoms with Crippen LogP contribution in [-0.4, -0.2) is 66.1 Å². The zero-order valence-electron chi connectivity index (χ0n) is 27.9. The second-order valence-corrected chi connectivity index (χ2v) is 14.3. The van der Waals surface area contributed by atoms with Crippen LogP contribution in [0.2, 0.25) is 0 Å². The van der Waals surface area contributed by atoms with Crippen LogP contribution in [0.3, 0.4) is 0 Å². The highest BCUT2D eigenvalue weighted by Gasteiger charge is 2.45. The van der Waals surface area contributed by atoms with Crippen molar-refractivity contribution in [2.45, 2.75) is 50.5 Å². The monoisotopic (exact) mass is 712 g/mol. The van der Waals surface area contributed by atoms with Gasteiger partial charge in [-0.15, -0.1) is 0 Å². The van der Waals surface area contributed by atoms with E-state index in [1.54, 1.807) is 24.3 Å². The van der Waals surface area contributed by atoms with Gasteiger partial charge in [-0.3, -0.25) is 29.4 Å². The van der Waals surface area contributed by atoms with Crippen molar-refractivity contribution in [3.8, 4) is 11.5 Å². The number of fused-ring (bicyclic) bond motifs is 1. The van der Waals surface area contributed by atoms with Crippen molar-refractivity contribution in [2.75, 3.05) is 18.5 Å². The van der Waals surface area contributed by atoms with Crippen LogP contribution in [0, 0.1) is 0 Å². The standard InChI is InChI=1S/C36H36N6O8S/c1-36(2,23-8-12-26(13-9-23)50-20-24-16-17-39-30(40-24)21-51(37,47)48)22-6-10-25(11-7-22)49-19-18-38-28-5-3-4-27-32(28)35(46)42(34(27)45)29-14-15-31(43)41-33(29)44/h3-13,16-17,29,38H,14-15,18-21H2,1-2H3,(H2,37,47,48)(H,41,43,44). The largest absolute Gasteiger partial charge is 0.492 e. The minimum Gasteiger partial charge on any atom is -0.492 e. The number of nitrogens with one attached hydrogen (secondary N) is 2. The first-order valence-corrected chi connectivity index (χ1v) is 17.9. The van der Waals surface area contributed by atoms with Crippen LogP contribution in [0.4, 0.5) is 5.69 Å². The maximum atomic E-state index is 13.3. The number of rotatable bonds is 13. The van der Waals surface area contributed by atoms with E-state index >= 15 is 0 Å². The number of hydrogen-bond acceptors (Lipinski definition) is 11. The van der Waals surface area contributed by atoms with Crippen LogP contribution < -0.4 is 25.2 Å². The predicted molar refractivity (Wildman–Crippen MR) is 185 cm³/mol. The molecular weight excluding hydrogens is 676 g/mol. The maximum Gasteiger partial charge on any atom is 0.264 e. The van der Waals surface area contributed by atoms with Gasteiger partial charge >= 0.3 is 0 Å². The van der Waals surface area contributed by atoms with Gasteiger partial charge in [0.25, 0.3) is 11.8 Å². The smallest absolute Gasteiger partial charge is 0.264 e. The lowest BCUT2D eigenvalue weighted by molar-refractivity contribution is -0.136. The van der Waals surface area contributed by atoms with Gasteiger partial charge in [0.15, 0.2) is 0 Å². The summed E-state index contributed by atoms with van der Waals surface area (Å²) in [4.78, 5) is 59.4. The summed E-state index contributed by atoms with van der Waals surface area (Å²) in [6.07, 6.45) is 1.61.